The maximum Gasteiger partial charge on any atom is 0.242 e. The SMILES string of the molecule is CCN(CCc1ccncc1)C(=O)CN1CCCCC1=O. The van der Waals surface area contributed by atoms with E-state index in [1.165, 1.54) is 5.56 Å². The van der Waals surface area contributed by atoms with Crippen LogP contribution in [-0.4, -0.2) is 52.8 Å². The van der Waals surface area contributed by atoms with Crippen molar-refractivity contribution in [1.29, 1.82) is 0 Å². The number of hydrogen-bond acceptors (Lipinski definition) is 3. The third kappa shape index (κ3) is 4.55. The normalized spacial score (nSPS) is 15.1. The van der Waals surface area contributed by atoms with Gasteiger partial charge in [0, 0.05) is 38.4 Å². The number of piperidine rings is 1. The van der Waals surface area contributed by atoms with Crippen molar-refractivity contribution >= 4 is 11.8 Å². The Bertz CT molecular complexity index is 476. The minimum atomic E-state index is 0.0433. The molecule has 21 heavy (non-hydrogen) atoms. The van der Waals surface area contributed by atoms with Crippen molar-refractivity contribution in [3.05, 3.63) is 30.1 Å². The van der Waals surface area contributed by atoms with E-state index in [4.69, 9.17) is 0 Å². The summed E-state index contributed by atoms with van der Waals surface area (Å²) in [4.78, 5) is 31.6. The van der Waals surface area contributed by atoms with E-state index in [0.29, 0.717) is 26.1 Å². The van der Waals surface area contributed by atoms with Crippen LogP contribution in [0.15, 0.2) is 24.5 Å². The van der Waals surface area contributed by atoms with Gasteiger partial charge in [-0.3, -0.25) is 14.6 Å². The minimum Gasteiger partial charge on any atom is -0.341 e. The number of carbonyl (C=O) groups is 2. The van der Waals surface area contributed by atoms with Crippen molar-refractivity contribution in [3.63, 3.8) is 0 Å². The molecule has 0 radical (unpaired) electrons. The Balaban J connectivity index is 1.84. The Morgan fingerprint density at radius 3 is 2.76 bits per heavy atom. The van der Waals surface area contributed by atoms with E-state index in [2.05, 4.69) is 4.98 Å². The number of hydrogen-bond donors (Lipinski definition) is 0. The monoisotopic (exact) mass is 289 g/mol. The number of rotatable bonds is 6. The Hall–Kier alpha value is -1.91. The standard InChI is InChI=1S/C16H23N3O2/c1-2-18(12-8-14-6-9-17-10-7-14)16(21)13-19-11-4-3-5-15(19)20/h6-7,9-10H,2-5,8,11-13H2,1H3. The fraction of sp³-hybridized carbons (Fsp3) is 0.562. The number of amides is 2. The zero-order valence-corrected chi connectivity index (χ0v) is 12.6. The summed E-state index contributed by atoms with van der Waals surface area (Å²) in [5, 5.41) is 0. The Labute approximate surface area is 126 Å². The van der Waals surface area contributed by atoms with Crippen molar-refractivity contribution in [2.45, 2.75) is 32.6 Å². The molecule has 0 aromatic carbocycles. The highest BCUT2D eigenvalue weighted by Crippen LogP contribution is 2.10. The third-order valence-corrected chi connectivity index (χ3v) is 3.90. The fourth-order valence-corrected chi connectivity index (χ4v) is 2.56. The molecule has 1 aliphatic heterocycles. The first-order chi connectivity index (χ1) is 10.2. The van der Waals surface area contributed by atoms with Crippen LogP contribution in [0, 0.1) is 0 Å². The van der Waals surface area contributed by atoms with Gasteiger partial charge in [-0.25, -0.2) is 0 Å². The molecular weight excluding hydrogens is 266 g/mol. The van der Waals surface area contributed by atoms with E-state index < -0.39 is 0 Å². The third-order valence-electron chi connectivity index (χ3n) is 3.90. The summed E-state index contributed by atoms with van der Waals surface area (Å²) in [5.41, 5.74) is 1.17. The van der Waals surface area contributed by atoms with Gasteiger partial charge in [0.2, 0.25) is 11.8 Å². The summed E-state index contributed by atoms with van der Waals surface area (Å²) in [7, 11) is 0. The number of nitrogens with zero attached hydrogens (tertiary/aromatic N) is 3. The molecular formula is C16H23N3O2. The van der Waals surface area contributed by atoms with Gasteiger partial charge >= 0.3 is 0 Å². The molecule has 0 spiro atoms. The molecule has 1 aromatic heterocycles. The van der Waals surface area contributed by atoms with Gasteiger partial charge in [0.05, 0.1) is 6.54 Å². The van der Waals surface area contributed by atoms with Crippen molar-refractivity contribution in [2.75, 3.05) is 26.2 Å². The van der Waals surface area contributed by atoms with E-state index in [1.54, 1.807) is 17.3 Å². The lowest BCUT2D eigenvalue weighted by molar-refractivity contribution is -0.141. The van der Waals surface area contributed by atoms with E-state index in [0.717, 1.165) is 19.3 Å². The molecule has 1 fully saturated rings. The summed E-state index contributed by atoms with van der Waals surface area (Å²) in [6.07, 6.45) is 6.87. The van der Waals surface area contributed by atoms with E-state index in [1.807, 2.05) is 24.0 Å². The smallest absolute Gasteiger partial charge is 0.242 e. The molecule has 5 nitrogen and oxygen atoms in total. The average molecular weight is 289 g/mol. The zero-order valence-electron chi connectivity index (χ0n) is 12.6. The predicted molar refractivity (Wildman–Crippen MR) is 80.6 cm³/mol. The van der Waals surface area contributed by atoms with Gasteiger partial charge in [-0.05, 0) is 43.9 Å². The largest absolute Gasteiger partial charge is 0.341 e. The molecule has 5 heteroatoms. The molecule has 0 unspecified atom stereocenters. The lowest BCUT2D eigenvalue weighted by Gasteiger charge is -2.29. The molecule has 0 saturated carbocycles. The van der Waals surface area contributed by atoms with Gasteiger partial charge < -0.3 is 9.80 Å². The Morgan fingerprint density at radius 1 is 1.33 bits per heavy atom. The molecule has 1 aliphatic rings. The lowest BCUT2D eigenvalue weighted by Crippen LogP contribution is -2.45. The van der Waals surface area contributed by atoms with Gasteiger partial charge in [0.1, 0.15) is 0 Å². The molecule has 1 saturated heterocycles. The van der Waals surface area contributed by atoms with E-state index in [-0.39, 0.29) is 18.4 Å². The van der Waals surface area contributed by atoms with Gasteiger partial charge in [-0.1, -0.05) is 0 Å². The molecule has 0 bridgehead atoms. The van der Waals surface area contributed by atoms with Crippen LogP contribution in [0.1, 0.15) is 31.7 Å². The molecule has 114 valence electrons. The highest BCUT2D eigenvalue weighted by atomic mass is 16.2. The molecule has 2 heterocycles. The molecule has 0 atom stereocenters. The van der Waals surface area contributed by atoms with Gasteiger partial charge in [-0.2, -0.15) is 0 Å². The van der Waals surface area contributed by atoms with Crippen LogP contribution in [0.2, 0.25) is 0 Å². The molecule has 2 amide bonds. The van der Waals surface area contributed by atoms with Gasteiger partial charge in [-0.15, -0.1) is 0 Å². The quantitative estimate of drug-likeness (QED) is 0.797. The van der Waals surface area contributed by atoms with Crippen LogP contribution in [-0.2, 0) is 16.0 Å². The van der Waals surface area contributed by atoms with E-state index in [9.17, 15) is 9.59 Å². The van der Waals surface area contributed by atoms with Gasteiger partial charge in [0.25, 0.3) is 0 Å². The fourth-order valence-electron chi connectivity index (χ4n) is 2.56. The van der Waals surface area contributed by atoms with Crippen LogP contribution in [0.25, 0.3) is 0 Å². The highest BCUT2D eigenvalue weighted by Gasteiger charge is 2.22. The summed E-state index contributed by atoms with van der Waals surface area (Å²) in [5.74, 6) is 0.154. The first-order valence-electron chi connectivity index (χ1n) is 7.65. The maximum atomic E-state index is 12.3. The van der Waals surface area contributed by atoms with Crippen LogP contribution < -0.4 is 0 Å². The van der Waals surface area contributed by atoms with Crippen LogP contribution in [0.3, 0.4) is 0 Å². The van der Waals surface area contributed by atoms with Crippen molar-refractivity contribution in [1.82, 2.24) is 14.8 Å². The zero-order chi connectivity index (χ0) is 15.1. The van der Waals surface area contributed by atoms with Crippen molar-refractivity contribution in [2.24, 2.45) is 0 Å². The number of likely N-dealkylation sites (N-methyl/N-ethyl adjacent to an activating group) is 1. The number of carbonyl (C=O) groups excluding carboxylic acids is 2. The second kappa shape index (κ2) is 7.76. The number of aromatic nitrogens is 1. The summed E-state index contributed by atoms with van der Waals surface area (Å²) >= 11 is 0. The van der Waals surface area contributed by atoms with Gasteiger partial charge in [0.15, 0.2) is 0 Å². The number of likely N-dealkylation sites (tertiary alicyclic amines) is 1. The lowest BCUT2D eigenvalue weighted by atomic mass is 10.1. The molecule has 2 rings (SSSR count). The van der Waals surface area contributed by atoms with E-state index >= 15 is 0 Å². The second-order valence-corrected chi connectivity index (χ2v) is 5.35. The first-order valence-corrected chi connectivity index (χ1v) is 7.65. The van der Waals surface area contributed by atoms with Crippen molar-refractivity contribution in [3.8, 4) is 0 Å². The Kier molecular flexibility index (Phi) is 5.72. The van der Waals surface area contributed by atoms with Crippen LogP contribution in [0.5, 0.6) is 0 Å². The van der Waals surface area contributed by atoms with Crippen LogP contribution in [0.4, 0.5) is 0 Å². The molecule has 1 aromatic rings. The van der Waals surface area contributed by atoms with Crippen molar-refractivity contribution < 1.29 is 9.59 Å². The predicted octanol–water partition coefficient (Wildman–Crippen LogP) is 1.49. The maximum absolute atomic E-state index is 12.3. The average Bonchev–Trinajstić information content (AvgIpc) is 2.51. The minimum absolute atomic E-state index is 0.0433. The summed E-state index contributed by atoms with van der Waals surface area (Å²) in [6, 6.07) is 3.93. The summed E-state index contributed by atoms with van der Waals surface area (Å²) in [6.45, 7) is 4.27. The number of pyridine rings is 1. The molecule has 0 aliphatic carbocycles. The van der Waals surface area contributed by atoms with Crippen LogP contribution >= 0.6 is 0 Å². The summed E-state index contributed by atoms with van der Waals surface area (Å²) < 4.78 is 0. The molecule has 0 N–H and O–H groups in total. The Morgan fingerprint density at radius 2 is 2.10 bits per heavy atom. The topological polar surface area (TPSA) is 53.5 Å². The first kappa shape index (κ1) is 15.5. The highest BCUT2D eigenvalue weighted by molar-refractivity contribution is 5.85. The second-order valence-electron chi connectivity index (χ2n) is 5.35.